The molecule has 0 atom stereocenters. The maximum atomic E-state index is 6.29. The van der Waals surface area contributed by atoms with Crippen LogP contribution in [0.2, 0.25) is 5.02 Å². The number of rotatable bonds is 2. The summed E-state index contributed by atoms with van der Waals surface area (Å²) in [5, 5.41) is 0.644. The van der Waals surface area contributed by atoms with Crippen LogP contribution in [0.15, 0.2) is 41.1 Å². The normalized spacial score (nSPS) is 11.1. The Morgan fingerprint density at radius 3 is 2.89 bits per heavy atom. The Labute approximate surface area is 128 Å². The lowest BCUT2D eigenvalue weighted by Gasteiger charge is -2.10. The average Bonchev–Trinajstić information content (AvgIpc) is 2.80. The van der Waals surface area contributed by atoms with Crippen LogP contribution in [0.3, 0.4) is 0 Å². The van der Waals surface area contributed by atoms with E-state index in [1.165, 1.54) is 0 Å². The third-order valence-corrected chi connectivity index (χ3v) is 3.85. The van der Waals surface area contributed by atoms with Crippen molar-refractivity contribution in [2.75, 3.05) is 0 Å². The Morgan fingerprint density at radius 2 is 2.11 bits per heavy atom. The zero-order valence-electron chi connectivity index (χ0n) is 9.65. The minimum absolute atomic E-state index is 0.303. The highest BCUT2D eigenvalue weighted by atomic mass is 79.9. The van der Waals surface area contributed by atoms with Crippen molar-refractivity contribution >= 4 is 50.2 Å². The molecule has 0 bridgehead atoms. The highest BCUT2D eigenvalue weighted by Crippen LogP contribution is 2.29. The number of benzene rings is 1. The second-order valence-corrected chi connectivity index (χ2v) is 5.55. The number of fused-ring (bicyclic) bond motifs is 1. The van der Waals surface area contributed by atoms with Gasteiger partial charge in [0.05, 0.1) is 28.3 Å². The smallest absolute Gasteiger partial charge is 0.129 e. The van der Waals surface area contributed by atoms with Crippen LogP contribution in [0, 0.1) is 0 Å². The average molecular weight is 357 g/mol. The molecule has 2 aromatic heterocycles. The van der Waals surface area contributed by atoms with Crippen LogP contribution in [0.25, 0.3) is 16.7 Å². The molecule has 0 saturated heterocycles. The van der Waals surface area contributed by atoms with E-state index in [9.17, 15) is 0 Å². The van der Waals surface area contributed by atoms with Gasteiger partial charge in [0, 0.05) is 10.7 Å². The largest absolute Gasteiger partial charge is 0.294 e. The van der Waals surface area contributed by atoms with Crippen LogP contribution in [-0.4, -0.2) is 14.5 Å². The number of nitrogens with zero attached hydrogens (tertiary/aromatic N) is 3. The van der Waals surface area contributed by atoms with E-state index >= 15 is 0 Å². The van der Waals surface area contributed by atoms with Crippen molar-refractivity contribution in [2.45, 2.75) is 5.88 Å². The van der Waals surface area contributed by atoms with E-state index in [4.69, 9.17) is 23.2 Å². The summed E-state index contributed by atoms with van der Waals surface area (Å²) < 4.78 is 2.90. The van der Waals surface area contributed by atoms with E-state index in [2.05, 4.69) is 25.9 Å². The van der Waals surface area contributed by atoms with Gasteiger partial charge in [-0.25, -0.2) is 4.98 Å². The molecule has 0 radical (unpaired) electrons. The van der Waals surface area contributed by atoms with E-state index in [0.717, 1.165) is 27.0 Å². The summed E-state index contributed by atoms with van der Waals surface area (Å²) in [6, 6.07) is 7.58. The molecule has 1 aromatic carbocycles. The topological polar surface area (TPSA) is 30.7 Å². The van der Waals surface area contributed by atoms with Gasteiger partial charge in [-0.1, -0.05) is 27.5 Å². The van der Waals surface area contributed by atoms with Gasteiger partial charge >= 0.3 is 0 Å². The molecule has 6 heteroatoms. The fourth-order valence-corrected chi connectivity index (χ4v) is 2.73. The summed E-state index contributed by atoms with van der Waals surface area (Å²) >= 11 is 15.7. The molecular formula is C13H8BrCl2N3. The summed E-state index contributed by atoms with van der Waals surface area (Å²) in [5.74, 6) is 1.04. The molecule has 0 N–H and O–H groups in total. The predicted octanol–water partition coefficient (Wildman–Crippen LogP) is 4.58. The van der Waals surface area contributed by atoms with E-state index in [0.29, 0.717) is 10.9 Å². The van der Waals surface area contributed by atoms with Gasteiger partial charge in [-0.2, -0.15) is 0 Å². The molecule has 0 aliphatic rings. The van der Waals surface area contributed by atoms with Crippen LogP contribution in [-0.2, 0) is 5.88 Å². The second kappa shape index (κ2) is 5.12. The van der Waals surface area contributed by atoms with Gasteiger partial charge in [0.15, 0.2) is 0 Å². The van der Waals surface area contributed by atoms with Crippen LogP contribution < -0.4 is 0 Å². The van der Waals surface area contributed by atoms with Gasteiger partial charge in [-0.3, -0.25) is 9.55 Å². The molecule has 3 aromatic rings. The van der Waals surface area contributed by atoms with Crippen molar-refractivity contribution in [1.82, 2.24) is 14.5 Å². The number of hydrogen-bond donors (Lipinski definition) is 0. The Balaban J connectivity index is 2.37. The summed E-state index contributed by atoms with van der Waals surface area (Å²) in [5.41, 5.74) is 2.58. The van der Waals surface area contributed by atoms with Crippen molar-refractivity contribution in [3.63, 3.8) is 0 Å². The van der Waals surface area contributed by atoms with E-state index in [1.807, 2.05) is 28.8 Å². The SMILES string of the molecule is ClCc1nc2cnccc2n1-c1cc(Br)ccc1Cl. The van der Waals surface area contributed by atoms with E-state index in [1.54, 1.807) is 12.4 Å². The van der Waals surface area contributed by atoms with Crippen LogP contribution >= 0.6 is 39.1 Å². The van der Waals surface area contributed by atoms with Crippen molar-refractivity contribution in [3.05, 3.63) is 52.0 Å². The van der Waals surface area contributed by atoms with Crippen LogP contribution in [0.4, 0.5) is 0 Å². The van der Waals surface area contributed by atoms with Crippen molar-refractivity contribution in [3.8, 4) is 5.69 Å². The van der Waals surface area contributed by atoms with Gasteiger partial charge in [0.1, 0.15) is 11.3 Å². The van der Waals surface area contributed by atoms with Crippen molar-refractivity contribution < 1.29 is 0 Å². The molecular weight excluding hydrogens is 349 g/mol. The monoisotopic (exact) mass is 355 g/mol. The molecule has 0 fully saturated rings. The summed E-state index contributed by atoms with van der Waals surface area (Å²) in [6.45, 7) is 0. The summed E-state index contributed by atoms with van der Waals surface area (Å²) in [4.78, 5) is 8.55. The molecule has 0 spiro atoms. The Bertz CT molecular complexity index is 755. The fraction of sp³-hybridized carbons (Fsp3) is 0.0769. The van der Waals surface area contributed by atoms with E-state index in [-0.39, 0.29) is 0 Å². The Kier molecular flexibility index (Phi) is 3.48. The molecule has 19 heavy (non-hydrogen) atoms. The van der Waals surface area contributed by atoms with Crippen LogP contribution in [0.5, 0.6) is 0 Å². The van der Waals surface area contributed by atoms with Gasteiger partial charge in [0.2, 0.25) is 0 Å². The molecule has 0 aliphatic heterocycles. The molecule has 0 saturated carbocycles. The third-order valence-electron chi connectivity index (χ3n) is 2.79. The number of halogens is 3. The molecule has 3 nitrogen and oxygen atoms in total. The molecule has 0 unspecified atom stereocenters. The predicted molar refractivity (Wildman–Crippen MR) is 81.1 cm³/mol. The Morgan fingerprint density at radius 1 is 1.26 bits per heavy atom. The summed E-state index contributed by atoms with van der Waals surface area (Å²) in [7, 11) is 0. The zero-order chi connectivity index (χ0) is 13.4. The molecule has 0 amide bonds. The molecule has 0 aliphatic carbocycles. The lowest BCUT2D eigenvalue weighted by atomic mass is 10.3. The Hall–Kier alpha value is -1.10. The lowest BCUT2D eigenvalue weighted by Crippen LogP contribution is -2.00. The maximum Gasteiger partial charge on any atom is 0.129 e. The first-order valence-corrected chi connectivity index (χ1v) is 7.24. The highest BCUT2D eigenvalue weighted by molar-refractivity contribution is 9.10. The first-order valence-electron chi connectivity index (χ1n) is 5.53. The number of imidazole rings is 1. The molecule has 2 heterocycles. The van der Waals surface area contributed by atoms with Gasteiger partial charge in [0.25, 0.3) is 0 Å². The first-order chi connectivity index (χ1) is 9.20. The van der Waals surface area contributed by atoms with Crippen molar-refractivity contribution in [2.24, 2.45) is 0 Å². The fourth-order valence-electron chi connectivity index (χ4n) is 2.00. The molecule has 3 rings (SSSR count). The quantitative estimate of drug-likeness (QED) is 0.629. The van der Waals surface area contributed by atoms with Gasteiger partial charge < -0.3 is 0 Å². The van der Waals surface area contributed by atoms with Crippen molar-refractivity contribution in [1.29, 1.82) is 0 Å². The van der Waals surface area contributed by atoms with Crippen LogP contribution in [0.1, 0.15) is 5.82 Å². The van der Waals surface area contributed by atoms with Gasteiger partial charge in [-0.15, -0.1) is 11.6 Å². The zero-order valence-corrected chi connectivity index (χ0v) is 12.7. The minimum Gasteiger partial charge on any atom is -0.294 e. The maximum absolute atomic E-state index is 6.29. The van der Waals surface area contributed by atoms with E-state index < -0.39 is 0 Å². The standard InChI is InChI=1S/C13H8BrCl2N3/c14-8-1-2-9(16)12(5-8)19-11-3-4-17-7-10(11)18-13(19)6-15/h1-5,7H,6H2. The summed E-state index contributed by atoms with van der Waals surface area (Å²) in [6.07, 6.45) is 3.44. The number of pyridine rings is 1. The second-order valence-electron chi connectivity index (χ2n) is 3.96. The highest BCUT2D eigenvalue weighted by Gasteiger charge is 2.14. The third kappa shape index (κ3) is 2.24. The number of aromatic nitrogens is 3. The first kappa shape index (κ1) is 12.9. The molecule has 96 valence electrons. The number of alkyl halides is 1. The minimum atomic E-state index is 0.303. The van der Waals surface area contributed by atoms with Gasteiger partial charge in [-0.05, 0) is 24.3 Å². The number of hydrogen-bond acceptors (Lipinski definition) is 2. The lowest BCUT2D eigenvalue weighted by molar-refractivity contribution is 0.981.